The van der Waals surface area contributed by atoms with Gasteiger partial charge in [-0.1, -0.05) is 0 Å². The number of aromatic nitrogens is 1. The van der Waals surface area contributed by atoms with Crippen molar-refractivity contribution in [3.63, 3.8) is 0 Å². The molecule has 0 spiro atoms. The molecular weight excluding hydrogens is 152 g/mol. The number of aliphatic hydroxyl groups excluding tert-OH is 1. The third-order valence-corrected chi connectivity index (χ3v) is 2.21. The Balaban J connectivity index is 2.19. The second-order valence-electron chi connectivity index (χ2n) is 3.04. The van der Waals surface area contributed by atoms with Crippen LogP contribution in [0.2, 0.25) is 0 Å². The number of hydrogen-bond donors (Lipinski definition) is 2. The van der Waals surface area contributed by atoms with Crippen LogP contribution in [0.4, 0.5) is 0 Å². The number of pyridine rings is 1. The van der Waals surface area contributed by atoms with E-state index in [0.717, 1.165) is 24.2 Å². The molecule has 3 heteroatoms. The van der Waals surface area contributed by atoms with Crippen LogP contribution in [0.3, 0.4) is 0 Å². The van der Waals surface area contributed by atoms with Gasteiger partial charge in [0.05, 0.1) is 18.3 Å². The highest BCUT2D eigenvalue weighted by atomic mass is 16.3. The van der Waals surface area contributed by atoms with Crippen LogP contribution in [0.25, 0.3) is 0 Å². The van der Waals surface area contributed by atoms with Crippen LogP contribution in [-0.4, -0.2) is 16.6 Å². The molecule has 12 heavy (non-hydrogen) atoms. The van der Waals surface area contributed by atoms with Gasteiger partial charge in [0, 0.05) is 6.20 Å². The summed E-state index contributed by atoms with van der Waals surface area (Å²) in [6, 6.07) is 4.20. The molecule has 3 nitrogen and oxygen atoms in total. The maximum Gasteiger partial charge on any atom is 0.0683 e. The molecule has 0 saturated carbocycles. The van der Waals surface area contributed by atoms with E-state index in [2.05, 4.69) is 10.3 Å². The van der Waals surface area contributed by atoms with Gasteiger partial charge in [0.15, 0.2) is 0 Å². The molecule has 1 atom stereocenters. The topological polar surface area (TPSA) is 45.2 Å². The maximum atomic E-state index is 8.89. The van der Waals surface area contributed by atoms with Crippen LogP contribution in [0.15, 0.2) is 18.3 Å². The van der Waals surface area contributed by atoms with Crippen molar-refractivity contribution < 1.29 is 5.11 Å². The quantitative estimate of drug-likeness (QED) is 0.673. The van der Waals surface area contributed by atoms with Crippen molar-refractivity contribution in [1.29, 1.82) is 0 Å². The Labute approximate surface area is 71.4 Å². The van der Waals surface area contributed by atoms with Gasteiger partial charge < -0.3 is 10.4 Å². The van der Waals surface area contributed by atoms with E-state index in [4.69, 9.17) is 5.11 Å². The predicted octanol–water partition coefficient (Wildman–Crippen LogP) is 0.608. The summed E-state index contributed by atoms with van der Waals surface area (Å²) in [5.41, 5.74) is 1.99. The first kappa shape index (κ1) is 7.71. The molecular formula is C9H12N2O. The fraction of sp³-hybridized carbons (Fsp3) is 0.444. The molecule has 1 aliphatic heterocycles. The molecule has 2 N–H and O–H groups in total. The van der Waals surface area contributed by atoms with Gasteiger partial charge >= 0.3 is 0 Å². The zero-order chi connectivity index (χ0) is 8.39. The van der Waals surface area contributed by atoms with E-state index in [1.54, 1.807) is 6.20 Å². The van der Waals surface area contributed by atoms with Gasteiger partial charge in [0.25, 0.3) is 0 Å². The lowest BCUT2D eigenvalue weighted by Crippen LogP contribution is -2.35. The molecule has 2 rings (SSSR count). The van der Waals surface area contributed by atoms with Gasteiger partial charge in [-0.2, -0.15) is 0 Å². The third-order valence-electron chi connectivity index (χ3n) is 2.21. The largest absolute Gasteiger partial charge is 0.392 e. The van der Waals surface area contributed by atoms with Crippen LogP contribution < -0.4 is 5.32 Å². The van der Waals surface area contributed by atoms with E-state index in [1.807, 2.05) is 12.1 Å². The Morgan fingerprint density at radius 3 is 3.08 bits per heavy atom. The minimum absolute atomic E-state index is 0.0994. The number of aliphatic hydroxyl groups is 1. The van der Waals surface area contributed by atoms with E-state index < -0.39 is 0 Å². The second kappa shape index (κ2) is 3.21. The summed E-state index contributed by atoms with van der Waals surface area (Å²) in [6.45, 7) is 1.18. The molecule has 64 valence electrons. The average Bonchev–Trinajstić information content (AvgIpc) is 2.02. The molecule has 1 saturated heterocycles. The minimum atomic E-state index is 0.0994. The van der Waals surface area contributed by atoms with Gasteiger partial charge in [-0.05, 0) is 30.7 Å². The summed E-state index contributed by atoms with van der Waals surface area (Å²) in [4.78, 5) is 4.24. The Bertz CT molecular complexity index is 271. The average molecular weight is 164 g/mol. The van der Waals surface area contributed by atoms with Gasteiger partial charge in [0.2, 0.25) is 0 Å². The summed E-state index contributed by atoms with van der Waals surface area (Å²) in [6.07, 6.45) is 2.91. The molecule has 0 radical (unpaired) electrons. The summed E-state index contributed by atoms with van der Waals surface area (Å²) in [7, 11) is 0. The van der Waals surface area contributed by atoms with Crippen LogP contribution in [-0.2, 0) is 6.61 Å². The Morgan fingerprint density at radius 1 is 1.67 bits per heavy atom. The lowest BCUT2D eigenvalue weighted by atomic mass is 10.0. The predicted molar refractivity (Wildman–Crippen MR) is 45.5 cm³/mol. The highest BCUT2D eigenvalue weighted by molar-refractivity contribution is 5.19. The van der Waals surface area contributed by atoms with Crippen LogP contribution >= 0.6 is 0 Å². The van der Waals surface area contributed by atoms with Crippen LogP contribution in [0, 0.1) is 0 Å². The molecule has 1 aliphatic rings. The molecule has 0 unspecified atom stereocenters. The SMILES string of the molecule is OCc1ccnc([C@@H]2CCN2)c1. The zero-order valence-electron chi connectivity index (χ0n) is 6.83. The van der Waals surface area contributed by atoms with E-state index in [1.165, 1.54) is 0 Å². The summed E-state index contributed by atoms with van der Waals surface area (Å²) in [5.74, 6) is 0. The third kappa shape index (κ3) is 1.33. The summed E-state index contributed by atoms with van der Waals surface area (Å²) < 4.78 is 0. The van der Waals surface area contributed by atoms with Gasteiger partial charge in [-0.25, -0.2) is 0 Å². The number of nitrogens with zero attached hydrogens (tertiary/aromatic N) is 1. The van der Waals surface area contributed by atoms with E-state index in [9.17, 15) is 0 Å². The molecule has 0 bridgehead atoms. The molecule has 1 aromatic rings. The van der Waals surface area contributed by atoms with Crippen molar-refractivity contribution in [3.8, 4) is 0 Å². The Kier molecular flexibility index (Phi) is 2.06. The highest BCUT2D eigenvalue weighted by Gasteiger charge is 2.19. The lowest BCUT2D eigenvalue weighted by Gasteiger charge is -2.27. The van der Waals surface area contributed by atoms with E-state index >= 15 is 0 Å². The van der Waals surface area contributed by atoms with E-state index in [0.29, 0.717) is 6.04 Å². The molecule has 0 amide bonds. The van der Waals surface area contributed by atoms with Crippen molar-refractivity contribution in [3.05, 3.63) is 29.6 Å². The number of nitrogens with one attached hydrogen (secondary N) is 1. The van der Waals surface area contributed by atoms with Gasteiger partial charge in [-0.3, -0.25) is 4.98 Å². The van der Waals surface area contributed by atoms with Gasteiger partial charge in [0.1, 0.15) is 0 Å². The fourth-order valence-electron chi connectivity index (χ4n) is 1.32. The van der Waals surface area contributed by atoms with Crippen molar-refractivity contribution in [2.24, 2.45) is 0 Å². The monoisotopic (exact) mass is 164 g/mol. The van der Waals surface area contributed by atoms with Crippen LogP contribution in [0.1, 0.15) is 23.7 Å². The maximum absolute atomic E-state index is 8.89. The molecule has 0 aromatic carbocycles. The molecule has 2 heterocycles. The Hall–Kier alpha value is -0.930. The smallest absolute Gasteiger partial charge is 0.0683 e. The minimum Gasteiger partial charge on any atom is -0.392 e. The highest BCUT2D eigenvalue weighted by Crippen LogP contribution is 2.20. The van der Waals surface area contributed by atoms with Crippen molar-refractivity contribution >= 4 is 0 Å². The molecule has 0 aliphatic carbocycles. The summed E-state index contributed by atoms with van der Waals surface area (Å²) in [5, 5.41) is 12.2. The lowest BCUT2D eigenvalue weighted by molar-refractivity contribution is 0.281. The van der Waals surface area contributed by atoms with Crippen molar-refractivity contribution in [1.82, 2.24) is 10.3 Å². The van der Waals surface area contributed by atoms with Crippen molar-refractivity contribution in [2.45, 2.75) is 19.1 Å². The Morgan fingerprint density at radius 2 is 2.50 bits per heavy atom. The normalized spacial score (nSPS) is 21.9. The second-order valence-corrected chi connectivity index (χ2v) is 3.04. The van der Waals surface area contributed by atoms with Gasteiger partial charge in [-0.15, -0.1) is 0 Å². The molecule has 1 aromatic heterocycles. The van der Waals surface area contributed by atoms with E-state index in [-0.39, 0.29) is 6.61 Å². The zero-order valence-corrected chi connectivity index (χ0v) is 6.83. The first-order chi connectivity index (χ1) is 5.90. The standard InChI is InChI=1S/C9H12N2O/c12-6-7-1-3-11-9(5-7)8-2-4-10-8/h1,3,5,8,10,12H,2,4,6H2/t8-/m0/s1. The van der Waals surface area contributed by atoms with Crippen molar-refractivity contribution in [2.75, 3.05) is 6.54 Å². The fourth-order valence-corrected chi connectivity index (χ4v) is 1.32. The number of rotatable bonds is 2. The number of hydrogen-bond acceptors (Lipinski definition) is 3. The first-order valence-electron chi connectivity index (χ1n) is 4.19. The summed E-state index contributed by atoms with van der Waals surface area (Å²) >= 11 is 0. The van der Waals surface area contributed by atoms with Crippen LogP contribution in [0.5, 0.6) is 0 Å². The molecule has 1 fully saturated rings. The first-order valence-corrected chi connectivity index (χ1v) is 4.19.